The molecule has 1 amide bonds. The van der Waals surface area contributed by atoms with Crippen LogP contribution in [-0.4, -0.2) is 26.4 Å². The van der Waals surface area contributed by atoms with Crippen molar-refractivity contribution in [2.45, 2.75) is 31.5 Å². The minimum absolute atomic E-state index is 0.0826. The molecule has 2 aromatic carbocycles. The second-order valence-electron chi connectivity index (χ2n) is 6.44. The molecular formula is C21H23ClN4O2S. The van der Waals surface area contributed by atoms with Gasteiger partial charge in [-0.3, -0.25) is 4.79 Å². The van der Waals surface area contributed by atoms with Gasteiger partial charge in [0.25, 0.3) is 0 Å². The predicted molar refractivity (Wildman–Crippen MR) is 117 cm³/mol. The maximum Gasteiger partial charge on any atom is 0.234 e. The molecule has 1 N–H and O–H groups in total. The van der Waals surface area contributed by atoms with E-state index in [1.807, 2.05) is 61.0 Å². The normalized spacial score (nSPS) is 11.9. The van der Waals surface area contributed by atoms with Crippen LogP contribution in [0.25, 0.3) is 0 Å². The summed E-state index contributed by atoms with van der Waals surface area (Å²) in [5, 5.41) is 12.6. The third-order valence-corrected chi connectivity index (χ3v) is 5.71. The molecule has 6 nitrogen and oxygen atoms in total. The molecule has 0 aliphatic heterocycles. The summed E-state index contributed by atoms with van der Waals surface area (Å²) in [6.45, 7) is 3.95. The van der Waals surface area contributed by atoms with E-state index in [0.29, 0.717) is 21.8 Å². The summed E-state index contributed by atoms with van der Waals surface area (Å²) < 4.78 is 7.74. The number of ether oxygens (including phenoxy) is 1. The molecule has 152 valence electrons. The van der Waals surface area contributed by atoms with Gasteiger partial charge in [0.1, 0.15) is 5.75 Å². The van der Waals surface area contributed by atoms with Crippen LogP contribution in [0.1, 0.15) is 31.3 Å². The lowest BCUT2D eigenvalue weighted by atomic mass is 10.1. The van der Waals surface area contributed by atoms with Crippen molar-refractivity contribution >= 4 is 35.0 Å². The van der Waals surface area contributed by atoms with Gasteiger partial charge >= 0.3 is 0 Å². The van der Waals surface area contributed by atoms with E-state index >= 15 is 0 Å². The second-order valence-corrected chi connectivity index (χ2v) is 7.79. The maximum absolute atomic E-state index is 12.4. The molecule has 0 spiro atoms. The first-order valence-electron chi connectivity index (χ1n) is 9.30. The number of halogens is 1. The zero-order valence-electron chi connectivity index (χ0n) is 16.6. The lowest BCUT2D eigenvalue weighted by Crippen LogP contribution is -2.16. The number of thioether (sulfide) groups is 1. The first-order chi connectivity index (χ1) is 14.0. The molecule has 1 aromatic heterocycles. The minimum atomic E-state index is -0.341. The Kier molecular flexibility index (Phi) is 7.17. The fraction of sp³-hybridized carbons (Fsp3) is 0.286. The number of aryl methyl sites for hydroxylation is 1. The molecule has 0 radical (unpaired) electrons. The van der Waals surface area contributed by atoms with Gasteiger partial charge in [0, 0.05) is 12.7 Å². The highest BCUT2D eigenvalue weighted by molar-refractivity contribution is 7.99. The van der Waals surface area contributed by atoms with Gasteiger partial charge in [0.05, 0.1) is 10.8 Å². The number of nitrogens with zero attached hydrogens (tertiary/aromatic N) is 3. The number of hydrogen-bond acceptors (Lipinski definition) is 5. The van der Waals surface area contributed by atoms with Crippen molar-refractivity contribution in [3.63, 3.8) is 0 Å². The van der Waals surface area contributed by atoms with E-state index in [-0.39, 0.29) is 17.8 Å². The van der Waals surface area contributed by atoms with Crippen LogP contribution in [0.5, 0.6) is 5.75 Å². The molecule has 0 saturated heterocycles. The number of para-hydroxylation sites is 2. The molecule has 1 atom stereocenters. The number of aromatic nitrogens is 3. The van der Waals surface area contributed by atoms with E-state index < -0.39 is 0 Å². The Morgan fingerprint density at radius 3 is 2.69 bits per heavy atom. The summed E-state index contributed by atoms with van der Waals surface area (Å²) in [4.78, 5) is 12.4. The molecule has 0 aliphatic carbocycles. The fourth-order valence-electron chi connectivity index (χ4n) is 2.86. The van der Waals surface area contributed by atoms with Crippen molar-refractivity contribution < 1.29 is 9.53 Å². The monoisotopic (exact) mass is 430 g/mol. The minimum Gasteiger partial charge on any atom is -0.481 e. The molecule has 0 aliphatic rings. The maximum atomic E-state index is 12.4. The highest BCUT2D eigenvalue weighted by Crippen LogP contribution is 2.29. The lowest BCUT2D eigenvalue weighted by molar-refractivity contribution is -0.113. The highest BCUT2D eigenvalue weighted by Gasteiger charge is 2.19. The van der Waals surface area contributed by atoms with Crippen LogP contribution in [-0.2, 0) is 18.3 Å². The summed E-state index contributed by atoms with van der Waals surface area (Å²) in [5.41, 5.74) is 1.96. The number of carbonyl (C=O) groups is 1. The molecule has 8 heteroatoms. The van der Waals surface area contributed by atoms with E-state index in [2.05, 4.69) is 22.4 Å². The molecular weight excluding hydrogens is 408 g/mol. The quantitative estimate of drug-likeness (QED) is 0.514. The highest BCUT2D eigenvalue weighted by atomic mass is 35.5. The summed E-state index contributed by atoms with van der Waals surface area (Å²) in [7, 11) is 1.86. The molecule has 1 heterocycles. The molecule has 0 unspecified atom stereocenters. The Hall–Kier alpha value is -2.51. The van der Waals surface area contributed by atoms with Crippen LogP contribution >= 0.6 is 23.4 Å². The number of nitrogens with one attached hydrogen (secondary N) is 1. The summed E-state index contributed by atoms with van der Waals surface area (Å²) in [6, 6.07) is 15.1. The van der Waals surface area contributed by atoms with Crippen molar-refractivity contribution in [1.82, 2.24) is 14.8 Å². The SMILES string of the molecule is CCc1ccccc1NC(=O)CSc1nnc([C@@H](C)Oc2ccccc2Cl)n1C. The Morgan fingerprint density at radius 2 is 1.93 bits per heavy atom. The van der Waals surface area contributed by atoms with Gasteiger partial charge in [0.15, 0.2) is 17.1 Å². The van der Waals surface area contributed by atoms with Gasteiger partial charge in [-0.2, -0.15) is 0 Å². The van der Waals surface area contributed by atoms with Crippen LogP contribution in [0.3, 0.4) is 0 Å². The van der Waals surface area contributed by atoms with Gasteiger partial charge in [-0.25, -0.2) is 0 Å². The number of amides is 1. The number of carbonyl (C=O) groups excluding carboxylic acids is 1. The average molecular weight is 431 g/mol. The van der Waals surface area contributed by atoms with Gasteiger partial charge in [0.2, 0.25) is 5.91 Å². The number of rotatable bonds is 8. The van der Waals surface area contributed by atoms with Crippen LogP contribution < -0.4 is 10.1 Å². The predicted octanol–water partition coefficient (Wildman–Crippen LogP) is 4.90. The van der Waals surface area contributed by atoms with E-state index in [0.717, 1.165) is 17.7 Å². The van der Waals surface area contributed by atoms with Crippen molar-refractivity contribution in [1.29, 1.82) is 0 Å². The van der Waals surface area contributed by atoms with Crippen molar-refractivity contribution in [2.24, 2.45) is 7.05 Å². The van der Waals surface area contributed by atoms with Gasteiger partial charge in [-0.05, 0) is 37.1 Å². The zero-order chi connectivity index (χ0) is 20.8. The molecule has 3 rings (SSSR count). The van der Waals surface area contributed by atoms with Crippen LogP contribution in [0.2, 0.25) is 5.02 Å². The second kappa shape index (κ2) is 9.80. The van der Waals surface area contributed by atoms with Gasteiger partial charge < -0.3 is 14.6 Å². The fourth-order valence-corrected chi connectivity index (χ4v) is 3.75. The summed E-state index contributed by atoms with van der Waals surface area (Å²) in [5.74, 6) is 1.40. The third kappa shape index (κ3) is 5.31. The van der Waals surface area contributed by atoms with Gasteiger partial charge in [-0.1, -0.05) is 60.6 Å². The standard InChI is InChI=1S/C21H23ClN4O2S/c1-4-15-9-5-7-11-17(15)23-19(27)13-29-21-25-24-20(26(21)3)14(2)28-18-12-8-6-10-16(18)22/h5-12,14H,4,13H2,1-3H3,(H,23,27)/t14-/m1/s1. The third-order valence-electron chi connectivity index (χ3n) is 4.38. The van der Waals surface area contributed by atoms with Crippen LogP contribution in [0.15, 0.2) is 53.7 Å². The smallest absolute Gasteiger partial charge is 0.234 e. The molecule has 0 fully saturated rings. The lowest BCUT2D eigenvalue weighted by Gasteiger charge is -2.15. The Labute approximate surface area is 179 Å². The van der Waals surface area contributed by atoms with E-state index in [1.165, 1.54) is 11.8 Å². The Bertz CT molecular complexity index is 992. The Morgan fingerprint density at radius 1 is 1.21 bits per heavy atom. The van der Waals surface area contributed by atoms with Crippen molar-refractivity contribution in [3.8, 4) is 5.75 Å². The number of benzene rings is 2. The first kappa shape index (κ1) is 21.2. The summed E-state index contributed by atoms with van der Waals surface area (Å²) >= 11 is 7.49. The number of anilines is 1. The van der Waals surface area contributed by atoms with Gasteiger partial charge in [-0.15, -0.1) is 10.2 Å². The largest absolute Gasteiger partial charge is 0.481 e. The number of hydrogen-bond donors (Lipinski definition) is 1. The average Bonchev–Trinajstić information content (AvgIpc) is 3.09. The summed E-state index contributed by atoms with van der Waals surface area (Å²) in [6.07, 6.45) is 0.520. The van der Waals surface area contributed by atoms with Crippen LogP contribution in [0, 0.1) is 0 Å². The first-order valence-corrected chi connectivity index (χ1v) is 10.7. The topological polar surface area (TPSA) is 69.0 Å². The molecule has 0 saturated carbocycles. The molecule has 3 aromatic rings. The zero-order valence-corrected chi connectivity index (χ0v) is 18.1. The van der Waals surface area contributed by atoms with Crippen molar-refractivity contribution in [3.05, 3.63) is 64.9 Å². The molecule has 29 heavy (non-hydrogen) atoms. The Balaban J connectivity index is 1.60. The van der Waals surface area contributed by atoms with Crippen molar-refractivity contribution in [2.75, 3.05) is 11.1 Å². The molecule has 0 bridgehead atoms. The van der Waals surface area contributed by atoms with E-state index in [1.54, 1.807) is 6.07 Å². The van der Waals surface area contributed by atoms with E-state index in [9.17, 15) is 4.79 Å². The van der Waals surface area contributed by atoms with E-state index in [4.69, 9.17) is 16.3 Å². The van der Waals surface area contributed by atoms with Crippen LogP contribution in [0.4, 0.5) is 5.69 Å².